The first-order chi connectivity index (χ1) is 8.63. The van der Waals surface area contributed by atoms with Crippen LogP contribution in [-0.2, 0) is 0 Å². The first-order valence-electron chi connectivity index (χ1n) is 5.15. The molecule has 1 aromatic heterocycles. The van der Waals surface area contributed by atoms with Gasteiger partial charge in [-0.05, 0) is 30.3 Å². The predicted molar refractivity (Wildman–Crippen MR) is 69.4 cm³/mol. The van der Waals surface area contributed by atoms with E-state index in [0.717, 1.165) is 0 Å². The maximum atomic E-state index is 13.1. The van der Waals surface area contributed by atoms with Crippen molar-refractivity contribution in [2.45, 2.75) is 0 Å². The summed E-state index contributed by atoms with van der Waals surface area (Å²) < 4.78 is 18.7. The fourth-order valence-corrected chi connectivity index (χ4v) is 2.23. The van der Waals surface area contributed by atoms with E-state index >= 15 is 0 Å². The molecule has 2 nitrogen and oxygen atoms in total. The number of rotatable bonds is 1. The van der Waals surface area contributed by atoms with Crippen molar-refractivity contribution >= 4 is 34.3 Å². The molecule has 0 fully saturated rings. The van der Waals surface area contributed by atoms with Gasteiger partial charge in [0.1, 0.15) is 11.3 Å². The zero-order valence-electron chi connectivity index (χ0n) is 8.95. The summed E-state index contributed by atoms with van der Waals surface area (Å²) >= 11 is 11.9. The van der Waals surface area contributed by atoms with Crippen LogP contribution in [0.4, 0.5) is 4.39 Å². The summed E-state index contributed by atoms with van der Waals surface area (Å²) in [7, 11) is 0. The van der Waals surface area contributed by atoms with Crippen LogP contribution in [0, 0.1) is 5.82 Å². The highest BCUT2D eigenvalue weighted by molar-refractivity contribution is 6.38. The van der Waals surface area contributed by atoms with Crippen molar-refractivity contribution in [1.29, 1.82) is 0 Å². The number of benzene rings is 2. The molecule has 1 heterocycles. The Labute approximate surface area is 112 Å². The SMILES string of the molecule is Fc1cccc(-c2nc3cc(Cl)cc(Cl)c3o2)c1. The summed E-state index contributed by atoms with van der Waals surface area (Å²) in [6.45, 7) is 0. The summed E-state index contributed by atoms with van der Waals surface area (Å²) in [5, 5.41) is 0.860. The van der Waals surface area contributed by atoms with Gasteiger partial charge in [-0.3, -0.25) is 0 Å². The smallest absolute Gasteiger partial charge is 0.227 e. The van der Waals surface area contributed by atoms with E-state index in [2.05, 4.69) is 4.98 Å². The minimum Gasteiger partial charge on any atom is -0.435 e. The predicted octanol–water partition coefficient (Wildman–Crippen LogP) is 4.94. The van der Waals surface area contributed by atoms with Gasteiger partial charge in [0.15, 0.2) is 5.58 Å². The summed E-state index contributed by atoms with van der Waals surface area (Å²) in [6.07, 6.45) is 0. The van der Waals surface area contributed by atoms with E-state index in [9.17, 15) is 4.39 Å². The van der Waals surface area contributed by atoms with E-state index in [4.69, 9.17) is 27.6 Å². The zero-order valence-corrected chi connectivity index (χ0v) is 10.5. The maximum Gasteiger partial charge on any atom is 0.227 e. The van der Waals surface area contributed by atoms with Crippen molar-refractivity contribution in [3.8, 4) is 11.5 Å². The lowest BCUT2D eigenvalue weighted by Gasteiger charge is -1.94. The molecule has 0 aliphatic rings. The third kappa shape index (κ3) is 1.96. The standard InChI is InChI=1S/C13H6Cl2FNO/c14-8-5-10(15)12-11(6-8)17-13(18-12)7-2-1-3-9(16)4-7/h1-6H. The van der Waals surface area contributed by atoms with Crippen molar-refractivity contribution in [1.82, 2.24) is 4.98 Å². The fraction of sp³-hybridized carbons (Fsp3) is 0. The number of hydrogen-bond acceptors (Lipinski definition) is 2. The molecule has 90 valence electrons. The van der Waals surface area contributed by atoms with Crippen LogP contribution >= 0.6 is 23.2 Å². The van der Waals surface area contributed by atoms with Crippen LogP contribution in [0.3, 0.4) is 0 Å². The van der Waals surface area contributed by atoms with Gasteiger partial charge in [0.2, 0.25) is 5.89 Å². The van der Waals surface area contributed by atoms with Crippen LogP contribution in [0.1, 0.15) is 0 Å². The van der Waals surface area contributed by atoms with Crippen LogP contribution in [0.25, 0.3) is 22.6 Å². The summed E-state index contributed by atoms with van der Waals surface area (Å²) in [6, 6.07) is 9.23. The van der Waals surface area contributed by atoms with Crippen molar-refractivity contribution in [2.75, 3.05) is 0 Å². The van der Waals surface area contributed by atoms with Crippen molar-refractivity contribution in [3.05, 3.63) is 52.3 Å². The van der Waals surface area contributed by atoms with Gasteiger partial charge in [-0.15, -0.1) is 0 Å². The Bertz CT molecular complexity index is 739. The molecule has 0 aliphatic heterocycles. The highest BCUT2D eigenvalue weighted by Crippen LogP contribution is 2.31. The Kier molecular flexibility index (Phi) is 2.73. The molecule has 0 atom stereocenters. The van der Waals surface area contributed by atoms with Crippen molar-refractivity contribution < 1.29 is 8.81 Å². The Morgan fingerprint density at radius 3 is 2.72 bits per heavy atom. The molecule has 0 aliphatic carbocycles. The number of nitrogens with zero attached hydrogens (tertiary/aromatic N) is 1. The molecule has 2 aromatic carbocycles. The van der Waals surface area contributed by atoms with Crippen molar-refractivity contribution in [3.63, 3.8) is 0 Å². The van der Waals surface area contributed by atoms with Crippen molar-refractivity contribution in [2.24, 2.45) is 0 Å². The van der Waals surface area contributed by atoms with Gasteiger partial charge in [-0.25, -0.2) is 9.37 Å². The van der Waals surface area contributed by atoms with E-state index in [1.165, 1.54) is 12.1 Å². The van der Waals surface area contributed by atoms with Gasteiger partial charge in [-0.2, -0.15) is 0 Å². The second-order valence-electron chi connectivity index (χ2n) is 3.77. The van der Waals surface area contributed by atoms with Crippen LogP contribution < -0.4 is 0 Å². The van der Waals surface area contributed by atoms with Crippen LogP contribution in [0.15, 0.2) is 40.8 Å². The lowest BCUT2D eigenvalue weighted by molar-refractivity contribution is 0.611. The van der Waals surface area contributed by atoms with Crippen LogP contribution in [-0.4, -0.2) is 4.98 Å². The van der Waals surface area contributed by atoms with E-state index in [0.29, 0.717) is 32.6 Å². The molecule has 0 amide bonds. The fourth-order valence-electron chi connectivity index (χ4n) is 1.70. The van der Waals surface area contributed by atoms with E-state index in [-0.39, 0.29) is 5.82 Å². The van der Waals surface area contributed by atoms with Crippen LogP contribution in [0.5, 0.6) is 0 Å². The van der Waals surface area contributed by atoms with Gasteiger partial charge in [0.25, 0.3) is 0 Å². The highest BCUT2D eigenvalue weighted by Gasteiger charge is 2.12. The molecule has 0 bridgehead atoms. The average Bonchev–Trinajstić information content (AvgIpc) is 2.73. The molecule has 18 heavy (non-hydrogen) atoms. The quantitative estimate of drug-likeness (QED) is 0.631. The molecule has 0 N–H and O–H groups in total. The molecule has 0 saturated heterocycles. The van der Waals surface area contributed by atoms with Gasteiger partial charge in [0, 0.05) is 10.6 Å². The molecule has 5 heteroatoms. The van der Waals surface area contributed by atoms with Crippen LogP contribution in [0.2, 0.25) is 10.0 Å². The molecule has 0 saturated carbocycles. The molecular weight excluding hydrogens is 276 g/mol. The Morgan fingerprint density at radius 1 is 1.11 bits per heavy atom. The summed E-state index contributed by atoms with van der Waals surface area (Å²) in [5.74, 6) is -0.0347. The second-order valence-corrected chi connectivity index (χ2v) is 4.61. The minimum absolute atomic E-state index is 0.314. The largest absolute Gasteiger partial charge is 0.435 e. The Balaban J connectivity index is 2.22. The first-order valence-corrected chi connectivity index (χ1v) is 5.90. The number of fused-ring (bicyclic) bond motifs is 1. The van der Waals surface area contributed by atoms with Gasteiger partial charge in [0.05, 0.1) is 5.02 Å². The summed E-state index contributed by atoms with van der Waals surface area (Å²) in [4.78, 5) is 4.24. The van der Waals surface area contributed by atoms with Gasteiger partial charge < -0.3 is 4.42 Å². The monoisotopic (exact) mass is 281 g/mol. The number of oxazole rings is 1. The summed E-state index contributed by atoms with van der Waals surface area (Å²) in [5.41, 5.74) is 1.55. The number of halogens is 3. The normalized spacial score (nSPS) is 11.1. The number of hydrogen-bond donors (Lipinski definition) is 0. The molecule has 0 radical (unpaired) electrons. The van der Waals surface area contributed by atoms with E-state index in [1.807, 2.05) is 0 Å². The van der Waals surface area contributed by atoms with Gasteiger partial charge in [-0.1, -0.05) is 29.3 Å². The molecular formula is C13H6Cl2FNO. The molecule has 0 unspecified atom stereocenters. The Hall–Kier alpha value is -1.58. The molecule has 0 spiro atoms. The lowest BCUT2D eigenvalue weighted by atomic mass is 10.2. The minimum atomic E-state index is -0.348. The number of aromatic nitrogens is 1. The van der Waals surface area contributed by atoms with Gasteiger partial charge >= 0.3 is 0 Å². The molecule has 3 aromatic rings. The lowest BCUT2D eigenvalue weighted by Crippen LogP contribution is -1.78. The highest BCUT2D eigenvalue weighted by atomic mass is 35.5. The van der Waals surface area contributed by atoms with E-state index in [1.54, 1.807) is 24.3 Å². The molecule has 3 rings (SSSR count). The maximum absolute atomic E-state index is 13.1. The third-order valence-electron chi connectivity index (χ3n) is 2.48. The topological polar surface area (TPSA) is 26.0 Å². The third-order valence-corrected chi connectivity index (χ3v) is 2.98. The van der Waals surface area contributed by atoms with E-state index < -0.39 is 0 Å². The Morgan fingerprint density at radius 2 is 1.94 bits per heavy atom. The zero-order chi connectivity index (χ0) is 12.7. The average molecular weight is 282 g/mol. The second kappa shape index (κ2) is 4.26. The first kappa shape index (κ1) is 11.5.